The minimum Gasteiger partial charge on any atom is -0.361 e. The van der Waals surface area contributed by atoms with Gasteiger partial charge in [-0.3, -0.25) is 14.5 Å². The Balaban J connectivity index is 1.50. The van der Waals surface area contributed by atoms with Gasteiger partial charge in [0.2, 0.25) is 11.8 Å². The van der Waals surface area contributed by atoms with E-state index >= 15 is 0 Å². The van der Waals surface area contributed by atoms with Crippen LogP contribution in [0.15, 0.2) is 54.7 Å². The molecular formula is C26H31FN4O2. The van der Waals surface area contributed by atoms with Gasteiger partial charge >= 0.3 is 0 Å². The highest BCUT2D eigenvalue weighted by atomic mass is 19.1. The van der Waals surface area contributed by atoms with Crippen molar-refractivity contribution in [2.24, 2.45) is 17.8 Å². The number of aromatic nitrogens is 1. The van der Waals surface area contributed by atoms with Crippen molar-refractivity contribution in [2.75, 3.05) is 25.0 Å². The predicted molar refractivity (Wildman–Crippen MR) is 128 cm³/mol. The molecule has 0 saturated carbocycles. The van der Waals surface area contributed by atoms with E-state index in [-0.39, 0.29) is 29.5 Å². The van der Waals surface area contributed by atoms with Crippen molar-refractivity contribution in [3.05, 3.63) is 66.1 Å². The molecule has 1 aromatic heterocycles. The fourth-order valence-electron chi connectivity index (χ4n) is 4.43. The van der Waals surface area contributed by atoms with Crippen LogP contribution in [0.2, 0.25) is 0 Å². The number of fused-ring (bicyclic) bond motifs is 1. The van der Waals surface area contributed by atoms with Gasteiger partial charge in [0, 0.05) is 49.0 Å². The van der Waals surface area contributed by atoms with Crippen LogP contribution in [0, 0.1) is 23.6 Å². The van der Waals surface area contributed by atoms with Crippen LogP contribution in [0.25, 0.3) is 10.9 Å². The summed E-state index contributed by atoms with van der Waals surface area (Å²) in [4.78, 5) is 31.5. The smallest absolute Gasteiger partial charge is 0.228 e. The van der Waals surface area contributed by atoms with E-state index in [9.17, 15) is 14.0 Å². The van der Waals surface area contributed by atoms with Crippen LogP contribution in [-0.4, -0.2) is 41.3 Å². The van der Waals surface area contributed by atoms with E-state index in [1.54, 1.807) is 12.1 Å². The second kappa shape index (κ2) is 10.2. The van der Waals surface area contributed by atoms with Crippen molar-refractivity contribution in [2.45, 2.75) is 26.8 Å². The third-order valence-electron chi connectivity index (χ3n) is 6.13. The van der Waals surface area contributed by atoms with E-state index in [0.29, 0.717) is 44.2 Å². The topological polar surface area (TPSA) is 77.2 Å². The van der Waals surface area contributed by atoms with Crippen molar-refractivity contribution in [3.8, 4) is 0 Å². The van der Waals surface area contributed by atoms with Gasteiger partial charge in [0.15, 0.2) is 0 Å². The van der Waals surface area contributed by atoms with Gasteiger partial charge in [-0.2, -0.15) is 0 Å². The van der Waals surface area contributed by atoms with E-state index in [0.717, 1.165) is 16.5 Å². The first-order valence-electron chi connectivity index (χ1n) is 11.5. The number of halogens is 1. The number of amides is 2. The molecule has 33 heavy (non-hydrogen) atoms. The number of piperidine rings is 1. The number of rotatable bonds is 7. The zero-order chi connectivity index (χ0) is 23.4. The Hall–Kier alpha value is -3.19. The minimum atomic E-state index is -0.350. The molecule has 1 aliphatic heterocycles. The lowest BCUT2D eigenvalue weighted by molar-refractivity contribution is -0.130. The van der Waals surface area contributed by atoms with Crippen molar-refractivity contribution in [3.63, 3.8) is 0 Å². The summed E-state index contributed by atoms with van der Waals surface area (Å²) in [5.74, 6) is -0.760. The third kappa shape index (κ3) is 5.79. The number of H-pyrrole nitrogens is 1. The maximum atomic E-state index is 13.2. The zero-order valence-corrected chi connectivity index (χ0v) is 19.1. The monoisotopic (exact) mass is 450 g/mol. The van der Waals surface area contributed by atoms with Crippen LogP contribution in [0.5, 0.6) is 0 Å². The second-order valence-electron chi connectivity index (χ2n) is 9.32. The van der Waals surface area contributed by atoms with Crippen LogP contribution in [0.3, 0.4) is 0 Å². The fraction of sp³-hybridized carbons (Fsp3) is 0.385. The number of hydrogen-bond acceptors (Lipinski definition) is 3. The van der Waals surface area contributed by atoms with Crippen LogP contribution in [0.1, 0.15) is 25.8 Å². The fourth-order valence-corrected chi connectivity index (χ4v) is 4.43. The average molecular weight is 451 g/mol. The van der Waals surface area contributed by atoms with E-state index in [1.165, 1.54) is 12.1 Å². The molecule has 3 N–H and O–H groups in total. The van der Waals surface area contributed by atoms with Gasteiger partial charge in [-0.05, 0) is 48.2 Å². The molecule has 0 radical (unpaired) electrons. The van der Waals surface area contributed by atoms with Gasteiger partial charge in [-0.15, -0.1) is 0 Å². The molecule has 2 aromatic carbocycles. The number of anilines is 1. The van der Waals surface area contributed by atoms with Gasteiger partial charge in [-0.1, -0.05) is 32.0 Å². The highest BCUT2D eigenvalue weighted by Gasteiger charge is 2.35. The first-order valence-corrected chi connectivity index (χ1v) is 11.5. The molecule has 2 amide bonds. The Morgan fingerprint density at radius 3 is 2.48 bits per heavy atom. The first kappa shape index (κ1) is 23.0. The highest BCUT2D eigenvalue weighted by Crippen LogP contribution is 2.27. The number of nitrogens with one attached hydrogen (secondary N) is 3. The molecule has 1 aliphatic rings. The lowest BCUT2D eigenvalue weighted by Gasteiger charge is -2.36. The summed E-state index contributed by atoms with van der Waals surface area (Å²) in [5.41, 5.74) is 2.77. The highest BCUT2D eigenvalue weighted by molar-refractivity contribution is 5.93. The molecule has 7 heteroatoms. The van der Waals surface area contributed by atoms with Gasteiger partial charge in [-0.25, -0.2) is 4.39 Å². The number of carbonyl (C=O) groups excluding carboxylic acids is 2. The molecule has 2 heterocycles. The van der Waals surface area contributed by atoms with Gasteiger partial charge in [0.1, 0.15) is 5.82 Å². The number of hydrogen-bond donors (Lipinski definition) is 3. The zero-order valence-electron chi connectivity index (χ0n) is 19.1. The van der Waals surface area contributed by atoms with Crippen molar-refractivity contribution in [1.29, 1.82) is 0 Å². The molecule has 3 aromatic rings. The molecule has 174 valence electrons. The Kier molecular flexibility index (Phi) is 7.08. The van der Waals surface area contributed by atoms with Crippen molar-refractivity contribution >= 4 is 28.4 Å². The lowest BCUT2D eigenvalue weighted by atomic mass is 9.87. The Bertz CT molecular complexity index is 1110. The molecule has 6 nitrogen and oxygen atoms in total. The summed E-state index contributed by atoms with van der Waals surface area (Å²) in [6.45, 7) is 6.54. The Morgan fingerprint density at radius 2 is 1.76 bits per heavy atom. The van der Waals surface area contributed by atoms with Crippen LogP contribution >= 0.6 is 0 Å². The van der Waals surface area contributed by atoms with E-state index in [4.69, 9.17) is 0 Å². The van der Waals surface area contributed by atoms with E-state index < -0.39 is 0 Å². The SMILES string of the molecule is CC(C)CNC(=O)[C@H]1C[C@@H](C(=O)Nc2ccc(F)cc2)CN(Cc2c[nH]c3ccccc23)C1. The number of aromatic amines is 1. The molecule has 1 fully saturated rings. The van der Waals surface area contributed by atoms with Crippen LogP contribution in [0.4, 0.5) is 10.1 Å². The van der Waals surface area contributed by atoms with Gasteiger partial charge < -0.3 is 15.6 Å². The minimum absolute atomic E-state index is 0.00749. The number of para-hydroxylation sites is 1. The van der Waals surface area contributed by atoms with Gasteiger partial charge in [0.25, 0.3) is 0 Å². The molecule has 0 aliphatic carbocycles. The summed E-state index contributed by atoms with van der Waals surface area (Å²) in [5, 5.41) is 7.07. The summed E-state index contributed by atoms with van der Waals surface area (Å²) >= 11 is 0. The third-order valence-corrected chi connectivity index (χ3v) is 6.13. The summed E-state index contributed by atoms with van der Waals surface area (Å²) in [6.07, 6.45) is 2.49. The van der Waals surface area contributed by atoms with Gasteiger partial charge in [0.05, 0.1) is 11.8 Å². The molecular weight excluding hydrogens is 419 g/mol. The molecule has 4 rings (SSSR count). The molecule has 1 saturated heterocycles. The van der Waals surface area contributed by atoms with E-state index in [2.05, 4.69) is 40.4 Å². The Morgan fingerprint density at radius 1 is 1.06 bits per heavy atom. The van der Waals surface area contributed by atoms with Crippen molar-refractivity contribution in [1.82, 2.24) is 15.2 Å². The normalized spacial score (nSPS) is 19.0. The second-order valence-corrected chi connectivity index (χ2v) is 9.32. The summed E-state index contributed by atoms with van der Waals surface area (Å²) in [7, 11) is 0. The predicted octanol–water partition coefficient (Wildman–Crippen LogP) is 4.16. The number of nitrogens with zero attached hydrogens (tertiary/aromatic N) is 1. The summed E-state index contributed by atoms with van der Waals surface area (Å²) < 4.78 is 13.2. The lowest BCUT2D eigenvalue weighted by Crippen LogP contribution is -2.49. The largest absolute Gasteiger partial charge is 0.361 e. The molecule has 0 unspecified atom stereocenters. The van der Waals surface area contributed by atoms with Crippen LogP contribution in [-0.2, 0) is 16.1 Å². The van der Waals surface area contributed by atoms with Crippen molar-refractivity contribution < 1.29 is 14.0 Å². The number of carbonyl (C=O) groups is 2. The standard InChI is InChI=1S/C26H31FN4O2/c1-17(2)12-29-25(32)18-11-19(26(33)30-22-9-7-21(27)8-10-22)15-31(14-18)16-20-13-28-24-6-4-3-5-23(20)24/h3-10,13,17-19,28H,11-12,14-16H2,1-2H3,(H,29,32)(H,30,33)/t18-,19+/m0/s1. The number of likely N-dealkylation sites (tertiary alicyclic amines) is 1. The van der Waals surface area contributed by atoms with E-state index in [1.807, 2.05) is 24.4 Å². The molecule has 2 atom stereocenters. The van der Waals surface area contributed by atoms with Crippen LogP contribution < -0.4 is 10.6 Å². The number of benzene rings is 2. The summed E-state index contributed by atoms with van der Waals surface area (Å²) in [6, 6.07) is 13.9. The maximum absolute atomic E-state index is 13.2. The average Bonchev–Trinajstić information content (AvgIpc) is 3.21. The first-order chi connectivity index (χ1) is 15.9. The molecule has 0 spiro atoms. The quantitative estimate of drug-likeness (QED) is 0.506. The Labute approximate surface area is 193 Å². The maximum Gasteiger partial charge on any atom is 0.228 e. The molecule has 0 bridgehead atoms.